The Bertz CT molecular complexity index is 749. The first-order valence-electron chi connectivity index (χ1n) is 9.09. The molecule has 0 N–H and O–H groups in total. The van der Waals surface area contributed by atoms with Crippen LogP contribution in [0.25, 0.3) is 21.5 Å². The molecule has 0 nitrogen and oxygen atoms in total. The molecule has 4 aromatic carbocycles. The van der Waals surface area contributed by atoms with Crippen molar-refractivity contribution in [1.29, 1.82) is 0 Å². The van der Waals surface area contributed by atoms with Crippen LogP contribution in [0.3, 0.4) is 0 Å². The van der Waals surface area contributed by atoms with Crippen LogP contribution in [0.2, 0.25) is 0 Å². The van der Waals surface area contributed by atoms with Gasteiger partial charge < -0.3 is 20.3 Å². The molecule has 4 aromatic rings. The average Bonchev–Trinajstić information content (AvgIpc) is 3.26. The summed E-state index contributed by atoms with van der Waals surface area (Å²) in [6.07, 6.45) is 3.02. The number of halogens is 2. The summed E-state index contributed by atoms with van der Waals surface area (Å²) in [6.45, 7) is 11.1. The summed E-state index contributed by atoms with van der Waals surface area (Å²) in [4.78, 5) is 0. The zero-order valence-electron chi connectivity index (χ0n) is 16.8. The molecule has 0 radical (unpaired) electrons. The monoisotopic (exact) mass is 580 g/mol. The fourth-order valence-electron chi connectivity index (χ4n) is 2.84. The molecule has 0 saturated heterocycles. The Hall–Kier alpha value is -0.890. The van der Waals surface area contributed by atoms with E-state index in [1.807, 2.05) is 0 Å². The Morgan fingerprint density at radius 3 is 1.29 bits per heavy atom. The van der Waals surface area contributed by atoms with Crippen molar-refractivity contribution in [2.75, 3.05) is 0 Å². The van der Waals surface area contributed by atoms with E-state index in [2.05, 4.69) is 100 Å². The van der Waals surface area contributed by atoms with E-state index in [1.54, 1.807) is 0 Å². The van der Waals surface area contributed by atoms with Crippen molar-refractivity contribution in [2.24, 2.45) is 0 Å². The van der Waals surface area contributed by atoms with Gasteiger partial charge in [-0.25, -0.2) is 0 Å². The Morgan fingerprint density at radius 1 is 0.679 bits per heavy atom. The summed E-state index contributed by atoms with van der Waals surface area (Å²) in [5.74, 6) is 0. The zero-order valence-corrected chi connectivity index (χ0v) is 22.0. The summed E-state index contributed by atoms with van der Waals surface area (Å²) >= 11 is 0. The second-order valence-electron chi connectivity index (χ2n) is 6.05. The van der Waals surface area contributed by atoms with E-state index in [0.717, 1.165) is 19.3 Å². The number of fused-ring (bicyclic) bond motifs is 2. The Labute approximate surface area is 202 Å². The predicted molar refractivity (Wildman–Crippen MR) is 128 cm³/mol. The molecule has 0 aliphatic rings. The number of hydrogen-bond acceptors (Lipinski definition) is 0. The van der Waals surface area contributed by atoms with Crippen LogP contribution in [0.15, 0.2) is 72.8 Å². The van der Waals surface area contributed by atoms with Crippen LogP contribution in [0.1, 0.15) is 31.4 Å². The van der Waals surface area contributed by atoms with Crippen molar-refractivity contribution in [2.45, 2.75) is 33.1 Å². The van der Waals surface area contributed by atoms with Gasteiger partial charge in [-0.05, 0) is 12.8 Å². The number of hydrogen-bond donors (Lipinski definition) is 0. The largest absolute Gasteiger partial charge is 4.00 e. The van der Waals surface area contributed by atoms with Gasteiger partial charge in [0.05, 0.1) is 0 Å². The molecule has 0 heterocycles. The molecular weight excluding hydrogens is 550 g/mol. The minimum Gasteiger partial charge on any atom is -0.372 e. The number of benzene rings is 2. The van der Waals surface area contributed by atoms with Crippen molar-refractivity contribution >= 4 is 46.4 Å². The van der Waals surface area contributed by atoms with Gasteiger partial charge in [0.1, 0.15) is 0 Å². The third-order valence-corrected chi connectivity index (χ3v) is 4.17. The number of rotatable bonds is 2. The van der Waals surface area contributed by atoms with E-state index in [-0.39, 0.29) is 50.7 Å². The normalized spacial score (nSPS) is 9.00. The molecule has 0 aliphatic heterocycles. The molecule has 0 bridgehead atoms. The van der Waals surface area contributed by atoms with E-state index in [9.17, 15) is 0 Å². The molecule has 0 saturated carbocycles. The van der Waals surface area contributed by atoms with Crippen molar-refractivity contribution in [1.82, 2.24) is 0 Å². The average molecular weight is 580 g/mol. The van der Waals surface area contributed by atoms with Gasteiger partial charge in [0.2, 0.25) is 0 Å². The van der Waals surface area contributed by atoms with Gasteiger partial charge in [-0.3, -0.25) is 0 Å². The Morgan fingerprint density at radius 2 is 1.00 bits per heavy atom. The summed E-state index contributed by atoms with van der Waals surface area (Å²) in [7, 11) is 0. The van der Waals surface area contributed by atoms with Crippen LogP contribution in [-0.2, 0) is 38.7 Å². The van der Waals surface area contributed by atoms with Gasteiger partial charge in [0.25, 0.3) is 0 Å². The van der Waals surface area contributed by atoms with Crippen LogP contribution in [0, 0.1) is 13.8 Å². The third kappa shape index (κ3) is 8.64. The standard InChI is InChI=1S/2C11H11.C3H6.2ClH.Hf/c2*1-2-9-7-10-5-3-4-6-11(10)8-9;1-3-2;;;/h2*3-8H,2H2,1H3;1-3H2;2*1H;/q2*-1;-2;;;+4. The van der Waals surface area contributed by atoms with Crippen LogP contribution in [0.5, 0.6) is 0 Å². The minimum atomic E-state index is 0. The van der Waals surface area contributed by atoms with E-state index < -0.39 is 0 Å². The molecule has 148 valence electrons. The maximum Gasteiger partial charge on any atom is 4.00 e. The second-order valence-corrected chi connectivity index (χ2v) is 6.05. The van der Waals surface area contributed by atoms with Crippen molar-refractivity contribution in [3.05, 3.63) is 97.8 Å². The molecular formula is C25H30Cl2Hf. The van der Waals surface area contributed by atoms with Crippen molar-refractivity contribution < 1.29 is 25.8 Å². The first-order valence-corrected chi connectivity index (χ1v) is 9.09. The molecule has 0 amide bonds. The quantitative estimate of drug-likeness (QED) is 0.166. The predicted octanol–water partition coefficient (Wildman–Crippen LogP) is 8.13. The van der Waals surface area contributed by atoms with Crippen molar-refractivity contribution in [3.8, 4) is 0 Å². The SMILES string of the molecule is CCc1cc2ccccc2[cH-]1.CCc1cc2ccccc2[cH-]1.Cl.Cl.[CH2-]C[CH2-].[Hf+4]. The first kappa shape index (κ1) is 29.3. The van der Waals surface area contributed by atoms with Gasteiger partial charge in [0, 0.05) is 0 Å². The maximum absolute atomic E-state index is 3.38. The van der Waals surface area contributed by atoms with Gasteiger partial charge in [0.15, 0.2) is 0 Å². The summed E-state index contributed by atoms with van der Waals surface area (Å²) in [5, 5.41) is 5.46. The van der Waals surface area contributed by atoms with Crippen LogP contribution in [-0.4, -0.2) is 0 Å². The summed E-state index contributed by atoms with van der Waals surface area (Å²) in [5.41, 5.74) is 2.87. The molecule has 3 heteroatoms. The molecule has 0 fully saturated rings. The Balaban J connectivity index is 0. The molecule has 4 rings (SSSR count). The third-order valence-electron chi connectivity index (χ3n) is 4.17. The van der Waals surface area contributed by atoms with Crippen LogP contribution >= 0.6 is 24.8 Å². The molecule has 0 aliphatic carbocycles. The van der Waals surface area contributed by atoms with E-state index in [0.29, 0.717) is 0 Å². The van der Waals surface area contributed by atoms with E-state index in [4.69, 9.17) is 0 Å². The number of aryl methyl sites for hydroxylation is 2. The van der Waals surface area contributed by atoms with Gasteiger partial charge in [-0.15, -0.1) is 106 Å². The molecule has 0 aromatic heterocycles. The van der Waals surface area contributed by atoms with Crippen LogP contribution in [0.4, 0.5) is 0 Å². The fourth-order valence-corrected chi connectivity index (χ4v) is 2.84. The Kier molecular flexibility index (Phi) is 16.7. The summed E-state index contributed by atoms with van der Waals surface area (Å²) < 4.78 is 0. The molecule has 0 spiro atoms. The fraction of sp³-hybridized carbons (Fsp3) is 0.200. The van der Waals surface area contributed by atoms with Gasteiger partial charge in [-0.2, -0.15) is 12.1 Å². The first-order chi connectivity index (χ1) is 12.2. The van der Waals surface area contributed by atoms with Gasteiger partial charge >= 0.3 is 25.8 Å². The van der Waals surface area contributed by atoms with E-state index >= 15 is 0 Å². The molecule has 0 atom stereocenters. The zero-order chi connectivity index (χ0) is 18.1. The van der Waals surface area contributed by atoms with E-state index in [1.165, 1.54) is 32.7 Å². The molecule has 28 heavy (non-hydrogen) atoms. The van der Waals surface area contributed by atoms with Crippen molar-refractivity contribution in [3.63, 3.8) is 0 Å². The second kappa shape index (κ2) is 16.0. The molecule has 0 unspecified atom stereocenters. The smallest absolute Gasteiger partial charge is 0.372 e. The topological polar surface area (TPSA) is 0 Å². The maximum atomic E-state index is 3.38. The summed E-state index contributed by atoms with van der Waals surface area (Å²) in [6, 6.07) is 26.0. The van der Waals surface area contributed by atoms with Gasteiger partial charge in [-0.1, -0.05) is 26.0 Å². The van der Waals surface area contributed by atoms with Crippen LogP contribution < -0.4 is 0 Å². The minimum absolute atomic E-state index is 0.